The van der Waals surface area contributed by atoms with Gasteiger partial charge in [-0.25, -0.2) is 4.79 Å². The van der Waals surface area contributed by atoms with E-state index in [1.165, 1.54) is 11.3 Å². The molecule has 1 aromatic carbocycles. The molecule has 3 aromatic rings. The number of hydrogen-bond donors (Lipinski definition) is 0. The van der Waals surface area contributed by atoms with Crippen molar-refractivity contribution in [2.45, 2.75) is 19.8 Å². The Bertz CT molecular complexity index is 1060. The van der Waals surface area contributed by atoms with E-state index in [9.17, 15) is 9.59 Å². The molecule has 0 aliphatic carbocycles. The summed E-state index contributed by atoms with van der Waals surface area (Å²) in [6, 6.07) is 8.80. The van der Waals surface area contributed by atoms with Gasteiger partial charge in [0.25, 0.3) is 0 Å². The second-order valence-electron chi connectivity index (χ2n) is 6.93. The summed E-state index contributed by atoms with van der Waals surface area (Å²) in [6.45, 7) is 5.06. The number of thiophene rings is 1. The number of carbonyl (C=O) groups excluding carboxylic acids is 1. The molecule has 4 rings (SSSR count). The van der Waals surface area contributed by atoms with Crippen LogP contribution in [0.5, 0.6) is 0 Å². The lowest BCUT2D eigenvalue weighted by Crippen LogP contribution is -2.36. The average molecular weight is 413 g/mol. The van der Waals surface area contributed by atoms with Gasteiger partial charge >= 0.3 is 5.97 Å². The zero-order chi connectivity index (χ0) is 20.2. The van der Waals surface area contributed by atoms with Crippen LogP contribution in [0.25, 0.3) is 21.4 Å². The summed E-state index contributed by atoms with van der Waals surface area (Å²) in [5, 5.41) is 1.90. The molecule has 0 radical (unpaired) electrons. The Labute approximate surface area is 172 Å². The van der Waals surface area contributed by atoms with Gasteiger partial charge in [0.05, 0.1) is 25.4 Å². The first kappa shape index (κ1) is 19.7. The second-order valence-corrected chi connectivity index (χ2v) is 7.81. The maximum atomic E-state index is 12.6. The molecule has 0 unspecified atom stereocenters. The molecule has 0 atom stereocenters. The van der Waals surface area contributed by atoms with Crippen LogP contribution in [0.1, 0.15) is 30.1 Å². The molecule has 6 nitrogen and oxygen atoms in total. The summed E-state index contributed by atoms with van der Waals surface area (Å²) in [5.41, 5.74) is 2.62. The SMILES string of the molecule is CCCCOC(=O)c1cccc(-c2csc3c(=O)cc(N4CCOCC4)oc23)c1. The van der Waals surface area contributed by atoms with Gasteiger partial charge in [0.1, 0.15) is 4.70 Å². The third-order valence-corrected chi connectivity index (χ3v) is 5.87. The summed E-state index contributed by atoms with van der Waals surface area (Å²) in [4.78, 5) is 27.0. The standard InChI is InChI=1S/C22H23NO5S/c1-2-3-9-27-22(25)16-6-4-5-15(12-16)17-14-29-21-18(24)13-19(28-20(17)21)23-7-10-26-11-8-23/h4-6,12-14H,2-3,7-11H2,1H3. The second kappa shape index (κ2) is 8.80. The third-order valence-electron chi connectivity index (χ3n) is 4.89. The summed E-state index contributed by atoms with van der Waals surface area (Å²) >= 11 is 1.36. The number of carbonyl (C=O) groups is 1. The van der Waals surface area contributed by atoms with Crippen LogP contribution in [0.4, 0.5) is 5.88 Å². The molecule has 29 heavy (non-hydrogen) atoms. The minimum absolute atomic E-state index is 0.0564. The van der Waals surface area contributed by atoms with Crippen LogP contribution in [-0.2, 0) is 9.47 Å². The lowest BCUT2D eigenvalue weighted by molar-refractivity contribution is 0.0500. The molecule has 1 aliphatic rings. The van der Waals surface area contributed by atoms with Gasteiger partial charge in [-0.05, 0) is 24.1 Å². The fourth-order valence-electron chi connectivity index (χ4n) is 3.28. The number of anilines is 1. The Kier molecular flexibility index (Phi) is 5.97. The van der Waals surface area contributed by atoms with Crippen molar-refractivity contribution >= 4 is 33.5 Å². The van der Waals surface area contributed by atoms with Gasteiger partial charge in [-0.3, -0.25) is 4.79 Å². The first-order valence-electron chi connectivity index (χ1n) is 9.83. The Hall–Kier alpha value is -2.64. The number of morpholine rings is 1. The average Bonchev–Trinajstić information content (AvgIpc) is 3.19. The van der Waals surface area contributed by atoms with Crippen molar-refractivity contribution in [1.29, 1.82) is 0 Å². The van der Waals surface area contributed by atoms with E-state index in [2.05, 4.69) is 6.92 Å². The lowest BCUT2D eigenvalue weighted by Gasteiger charge is -2.27. The van der Waals surface area contributed by atoms with E-state index in [1.807, 2.05) is 22.4 Å². The molecule has 0 saturated carbocycles. The number of nitrogens with zero attached hydrogens (tertiary/aromatic N) is 1. The largest absolute Gasteiger partial charge is 0.462 e. The zero-order valence-electron chi connectivity index (χ0n) is 16.3. The van der Waals surface area contributed by atoms with Gasteiger partial charge in [-0.15, -0.1) is 11.3 Å². The third kappa shape index (κ3) is 4.21. The highest BCUT2D eigenvalue weighted by molar-refractivity contribution is 7.17. The van der Waals surface area contributed by atoms with Crippen molar-refractivity contribution in [3.05, 3.63) is 51.5 Å². The topological polar surface area (TPSA) is 69.0 Å². The monoisotopic (exact) mass is 413 g/mol. The number of esters is 1. The van der Waals surface area contributed by atoms with E-state index >= 15 is 0 Å². The number of ether oxygens (including phenoxy) is 2. The minimum Gasteiger partial charge on any atom is -0.462 e. The first-order valence-corrected chi connectivity index (χ1v) is 10.7. The minimum atomic E-state index is -0.338. The van der Waals surface area contributed by atoms with Gasteiger partial charge in [-0.2, -0.15) is 0 Å². The van der Waals surface area contributed by atoms with E-state index in [4.69, 9.17) is 13.9 Å². The molecule has 152 valence electrons. The van der Waals surface area contributed by atoms with E-state index < -0.39 is 0 Å². The molecule has 0 bridgehead atoms. The van der Waals surface area contributed by atoms with Gasteiger partial charge in [-0.1, -0.05) is 25.5 Å². The van der Waals surface area contributed by atoms with E-state index in [1.54, 1.807) is 18.2 Å². The van der Waals surface area contributed by atoms with Gasteiger partial charge < -0.3 is 18.8 Å². The summed E-state index contributed by atoms with van der Waals surface area (Å²) in [6.07, 6.45) is 1.81. The molecular weight excluding hydrogens is 390 g/mol. The molecule has 1 aliphatic heterocycles. The van der Waals surface area contributed by atoms with Gasteiger partial charge in [0.2, 0.25) is 5.43 Å². The molecule has 0 spiro atoms. The van der Waals surface area contributed by atoms with E-state index in [0.29, 0.717) is 54.6 Å². The predicted molar refractivity (Wildman–Crippen MR) is 114 cm³/mol. The van der Waals surface area contributed by atoms with Crippen LogP contribution in [0.3, 0.4) is 0 Å². The van der Waals surface area contributed by atoms with E-state index in [-0.39, 0.29) is 11.4 Å². The Morgan fingerprint density at radius 2 is 2.07 bits per heavy atom. The fourth-order valence-corrected chi connectivity index (χ4v) is 4.19. The molecular formula is C22H23NO5S. The molecule has 7 heteroatoms. The van der Waals surface area contributed by atoms with Crippen molar-refractivity contribution in [3.8, 4) is 11.1 Å². The molecule has 0 amide bonds. The summed E-state index contributed by atoms with van der Waals surface area (Å²) < 4.78 is 17.4. The lowest BCUT2D eigenvalue weighted by atomic mass is 10.1. The highest BCUT2D eigenvalue weighted by Gasteiger charge is 2.19. The van der Waals surface area contributed by atoms with Crippen molar-refractivity contribution in [2.75, 3.05) is 37.8 Å². The Morgan fingerprint density at radius 1 is 1.24 bits per heavy atom. The first-order chi connectivity index (χ1) is 14.2. The van der Waals surface area contributed by atoms with Crippen LogP contribution in [0, 0.1) is 0 Å². The normalized spacial score (nSPS) is 14.3. The fraction of sp³-hybridized carbons (Fsp3) is 0.364. The zero-order valence-corrected chi connectivity index (χ0v) is 17.1. The van der Waals surface area contributed by atoms with Crippen molar-refractivity contribution in [3.63, 3.8) is 0 Å². The molecule has 2 aromatic heterocycles. The van der Waals surface area contributed by atoms with Gasteiger partial charge in [0, 0.05) is 30.1 Å². The van der Waals surface area contributed by atoms with Crippen LogP contribution < -0.4 is 10.3 Å². The van der Waals surface area contributed by atoms with Crippen LogP contribution in [-0.4, -0.2) is 38.9 Å². The van der Waals surface area contributed by atoms with Crippen molar-refractivity contribution < 1.29 is 18.7 Å². The smallest absolute Gasteiger partial charge is 0.338 e. The number of rotatable bonds is 6. The van der Waals surface area contributed by atoms with Crippen LogP contribution in [0.2, 0.25) is 0 Å². The van der Waals surface area contributed by atoms with E-state index in [0.717, 1.165) is 24.0 Å². The number of fused-ring (bicyclic) bond motifs is 1. The molecule has 1 fully saturated rings. The van der Waals surface area contributed by atoms with Crippen LogP contribution >= 0.6 is 11.3 Å². The quantitative estimate of drug-likeness (QED) is 0.443. The Morgan fingerprint density at radius 3 is 2.86 bits per heavy atom. The maximum absolute atomic E-state index is 12.6. The number of benzene rings is 1. The predicted octanol–water partition coefficient (Wildman–Crippen LogP) is 4.32. The molecule has 1 saturated heterocycles. The number of unbranched alkanes of at least 4 members (excludes halogenated alkanes) is 1. The van der Waals surface area contributed by atoms with Crippen LogP contribution in [0.15, 0.2) is 44.9 Å². The number of hydrogen-bond acceptors (Lipinski definition) is 7. The summed E-state index contributed by atoms with van der Waals surface area (Å²) in [7, 11) is 0. The molecule has 0 N–H and O–H groups in total. The highest BCUT2D eigenvalue weighted by Crippen LogP contribution is 2.35. The summed E-state index contributed by atoms with van der Waals surface area (Å²) in [5.74, 6) is 0.218. The van der Waals surface area contributed by atoms with Gasteiger partial charge in [0.15, 0.2) is 11.5 Å². The maximum Gasteiger partial charge on any atom is 0.338 e. The van der Waals surface area contributed by atoms with Crippen molar-refractivity contribution in [2.24, 2.45) is 0 Å². The molecule has 3 heterocycles. The van der Waals surface area contributed by atoms with Crippen molar-refractivity contribution in [1.82, 2.24) is 0 Å². The Balaban J connectivity index is 1.69. The highest BCUT2D eigenvalue weighted by atomic mass is 32.1.